The van der Waals surface area contributed by atoms with Gasteiger partial charge in [0.25, 0.3) is 0 Å². The molecule has 30 heavy (non-hydrogen) atoms. The number of fused-ring (bicyclic) bond motifs is 2. The average Bonchev–Trinajstić information content (AvgIpc) is 3.38. The van der Waals surface area contributed by atoms with Crippen LogP contribution in [0.4, 0.5) is 10.8 Å². The van der Waals surface area contributed by atoms with E-state index in [1.807, 2.05) is 24.0 Å². The topological polar surface area (TPSA) is 45.7 Å². The number of benzene rings is 2. The molecule has 0 N–H and O–H groups in total. The van der Waals surface area contributed by atoms with E-state index in [4.69, 9.17) is 9.72 Å². The molecule has 1 fully saturated rings. The zero-order valence-corrected chi connectivity index (χ0v) is 19.3. The first-order chi connectivity index (χ1) is 14.6. The van der Waals surface area contributed by atoms with E-state index in [0.717, 1.165) is 70.2 Å². The van der Waals surface area contributed by atoms with Crippen molar-refractivity contribution >= 4 is 54.2 Å². The second-order valence-electron chi connectivity index (χ2n) is 7.81. The minimum atomic E-state index is 0.0977. The van der Waals surface area contributed by atoms with Gasteiger partial charge >= 0.3 is 0 Å². The van der Waals surface area contributed by atoms with Crippen LogP contribution in [0.3, 0.4) is 0 Å². The molecule has 3 heterocycles. The fourth-order valence-electron chi connectivity index (χ4n) is 4.42. The lowest BCUT2D eigenvalue weighted by Crippen LogP contribution is -2.42. The minimum Gasteiger partial charge on any atom is -0.493 e. The van der Waals surface area contributed by atoms with Crippen LogP contribution in [-0.4, -0.2) is 37.1 Å². The number of hydrogen-bond donors (Lipinski definition) is 0. The van der Waals surface area contributed by atoms with Gasteiger partial charge in [0.15, 0.2) is 5.13 Å². The average molecular weight is 486 g/mol. The fraction of sp³-hybridized carbons (Fsp3) is 0.391. The van der Waals surface area contributed by atoms with E-state index < -0.39 is 0 Å². The fourth-order valence-corrected chi connectivity index (χ4v) is 5.90. The summed E-state index contributed by atoms with van der Waals surface area (Å²) < 4.78 is 7.75. The third-order valence-electron chi connectivity index (χ3n) is 6.00. The van der Waals surface area contributed by atoms with E-state index in [9.17, 15) is 4.79 Å². The Morgan fingerprint density at radius 3 is 2.83 bits per heavy atom. The lowest BCUT2D eigenvalue weighted by Gasteiger charge is -2.33. The van der Waals surface area contributed by atoms with E-state index >= 15 is 0 Å². The molecule has 0 unspecified atom stereocenters. The van der Waals surface area contributed by atoms with Crippen molar-refractivity contribution in [2.75, 3.05) is 36.0 Å². The molecule has 0 spiro atoms. The number of amides is 1. The molecule has 0 atom stereocenters. The standard InChI is InChI=1S/C23H24BrN3O2S/c1-2-29-20-14-21-18(13-17(20)24)25-23(30-21)26-10-7-16(8-11-26)22(28)27-12-9-15-5-3-4-6-19(15)27/h3-6,13-14,16H,2,7-12H2,1H3. The number of piperidine rings is 1. The number of ether oxygens (including phenoxy) is 1. The number of anilines is 2. The lowest BCUT2D eigenvalue weighted by atomic mass is 9.95. The van der Waals surface area contributed by atoms with E-state index in [2.05, 4.69) is 45.1 Å². The summed E-state index contributed by atoms with van der Waals surface area (Å²) in [4.78, 5) is 22.3. The van der Waals surface area contributed by atoms with Crippen molar-refractivity contribution in [2.24, 2.45) is 5.92 Å². The third-order valence-corrected chi connectivity index (χ3v) is 7.70. The Labute approximate surface area is 188 Å². The predicted octanol–water partition coefficient (Wildman–Crippen LogP) is 5.26. The Kier molecular flexibility index (Phi) is 5.41. The quantitative estimate of drug-likeness (QED) is 0.505. The Morgan fingerprint density at radius 1 is 1.23 bits per heavy atom. The molecule has 1 saturated heterocycles. The molecule has 0 bridgehead atoms. The summed E-state index contributed by atoms with van der Waals surface area (Å²) in [5.41, 5.74) is 3.37. The highest BCUT2D eigenvalue weighted by Crippen LogP contribution is 2.38. The molecule has 156 valence electrons. The van der Waals surface area contributed by atoms with Crippen molar-refractivity contribution in [3.05, 3.63) is 46.4 Å². The van der Waals surface area contributed by atoms with Crippen LogP contribution in [-0.2, 0) is 11.2 Å². The van der Waals surface area contributed by atoms with Crippen LogP contribution in [0.1, 0.15) is 25.3 Å². The first-order valence-electron chi connectivity index (χ1n) is 10.5. The van der Waals surface area contributed by atoms with Crippen molar-refractivity contribution in [3.8, 4) is 5.75 Å². The first-order valence-corrected chi connectivity index (χ1v) is 12.1. The predicted molar refractivity (Wildman–Crippen MR) is 126 cm³/mol. The largest absolute Gasteiger partial charge is 0.493 e. The van der Waals surface area contributed by atoms with Gasteiger partial charge in [-0.15, -0.1) is 0 Å². The van der Waals surface area contributed by atoms with Crippen molar-refractivity contribution in [2.45, 2.75) is 26.2 Å². The van der Waals surface area contributed by atoms with Crippen molar-refractivity contribution in [3.63, 3.8) is 0 Å². The molecular formula is C23H24BrN3O2S. The molecule has 2 aromatic carbocycles. The molecule has 0 aliphatic carbocycles. The van der Waals surface area contributed by atoms with Gasteiger partial charge in [0, 0.05) is 37.3 Å². The smallest absolute Gasteiger partial charge is 0.230 e. The van der Waals surface area contributed by atoms with Gasteiger partial charge in [0.2, 0.25) is 5.91 Å². The number of carbonyl (C=O) groups excluding carboxylic acids is 1. The zero-order chi connectivity index (χ0) is 20.7. The van der Waals surface area contributed by atoms with E-state index in [1.54, 1.807) is 11.3 Å². The molecule has 2 aliphatic heterocycles. The second kappa shape index (κ2) is 8.19. The summed E-state index contributed by atoms with van der Waals surface area (Å²) in [6.07, 6.45) is 2.72. The van der Waals surface area contributed by atoms with Crippen LogP contribution in [0.25, 0.3) is 10.2 Å². The maximum absolute atomic E-state index is 13.2. The molecule has 3 aromatic rings. The van der Waals surface area contributed by atoms with Gasteiger partial charge in [-0.05, 0) is 59.8 Å². The summed E-state index contributed by atoms with van der Waals surface area (Å²) in [7, 11) is 0. The van der Waals surface area contributed by atoms with Gasteiger partial charge in [0.05, 0.1) is 21.3 Å². The number of nitrogens with zero attached hydrogens (tertiary/aromatic N) is 3. The van der Waals surface area contributed by atoms with Crippen LogP contribution in [0.15, 0.2) is 40.9 Å². The van der Waals surface area contributed by atoms with Crippen molar-refractivity contribution in [1.82, 2.24) is 4.98 Å². The highest BCUT2D eigenvalue weighted by atomic mass is 79.9. The first kappa shape index (κ1) is 19.8. The van der Waals surface area contributed by atoms with E-state index in [0.29, 0.717) is 6.61 Å². The Bertz CT molecular complexity index is 1090. The third kappa shape index (κ3) is 3.58. The van der Waals surface area contributed by atoms with Crippen LogP contribution in [0.5, 0.6) is 5.75 Å². The molecular weight excluding hydrogens is 462 g/mol. The van der Waals surface area contributed by atoms with E-state index in [-0.39, 0.29) is 11.8 Å². The summed E-state index contributed by atoms with van der Waals surface area (Å²) in [6.45, 7) is 5.17. The van der Waals surface area contributed by atoms with Crippen LogP contribution in [0, 0.1) is 5.92 Å². The number of para-hydroxylation sites is 1. The summed E-state index contributed by atoms with van der Waals surface area (Å²) in [6, 6.07) is 12.4. The zero-order valence-electron chi connectivity index (χ0n) is 16.9. The van der Waals surface area contributed by atoms with E-state index in [1.165, 1.54) is 5.56 Å². The summed E-state index contributed by atoms with van der Waals surface area (Å²) >= 11 is 5.27. The maximum atomic E-state index is 13.2. The number of aromatic nitrogens is 1. The number of hydrogen-bond acceptors (Lipinski definition) is 5. The normalized spacial score (nSPS) is 16.9. The number of rotatable bonds is 4. The SMILES string of the molecule is CCOc1cc2sc(N3CCC(C(=O)N4CCc5ccccc54)CC3)nc2cc1Br. The van der Waals surface area contributed by atoms with Gasteiger partial charge < -0.3 is 14.5 Å². The molecule has 5 rings (SSSR count). The lowest BCUT2D eigenvalue weighted by molar-refractivity contribution is -0.122. The Balaban J connectivity index is 1.27. The van der Waals surface area contributed by atoms with Gasteiger partial charge in [-0.25, -0.2) is 4.98 Å². The molecule has 2 aliphatic rings. The van der Waals surface area contributed by atoms with Gasteiger partial charge in [-0.2, -0.15) is 0 Å². The van der Waals surface area contributed by atoms with Crippen molar-refractivity contribution in [1.29, 1.82) is 0 Å². The van der Waals surface area contributed by atoms with Gasteiger partial charge in [-0.1, -0.05) is 29.5 Å². The molecule has 0 radical (unpaired) electrons. The summed E-state index contributed by atoms with van der Waals surface area (Å²) in [5.74, 6) is 1.24. The number of carbonyl (C=O) groups is 1. The number of thiazole rings is 1. The highest BCUT2D eigenvalue weighted by Gasteiger charge is 2.33. The molecule has 0 saturated carbocycles. The summed E-state index contributed by atoms with van der Waals surface area (Å²) in [5, 5.41) is 1.03. The maximum Gasteiger partial charge on any atom is 0.230 e. The highest BCUT2D eigenvalue weighted by molar-refractivity contribution is 9.10. The van der Waals surface area contributed by atoms with Crippen LogP contribution < -0.4 is 14.5 Å². The van der Waals surface area contributed by atoms with Gasteiger partial charge in [0.1, 0.15) is 5.75 Å². The number of halogens is 1. The Hall–Kier alpha value is -2.12. The van der Waals surface area contributed by atoms with Crippen molar-refractivity contribution < 1.29 is 9.53 Å². The molecule has 1 aromatic heterocycles. The second-order valence-corrected chi connectivity index (χ2v) is 9.67. The van der Waals surface area contributed by atoms with Crippen LogP contribution in [0.2, 0.25) is 0 Å². The molecule has 1 amide bonds. The molecule has 5 nitrogen and oxygen atoms in total. The van der Waals surface area contributed by atoms with Gasteiger partial charge in [-0.3, -0.25) is 4.79 Å². The minimum absolute atomic E-state index is 0.0977. The Morgan fingerprint density at radius 2 is 2.03 bits per heavy atom. The molecule has 7 heteroatoms. The van der Waals surface area contributed by atoms with Crippen LogP contribution >= 0.6 is 27.3 Å². The monoisotopic (exact) mass is 485 g/mol.